The minimum absolute atomic E-state index is 0.0525. The van der Waals surface area contributed by atoms with Gasteiger partial charge in [-0.2, -0.15) is 9.57 Å². The van der Waals surface area contributed by atoms with Gasteiger partial charge in [-0.05, 0) is 60.4 Å². The van der Waals surface area contributed by atoms with Crippen LogP contribution >= 0.6 is 0 Å². The number of nitrogens with zero attached hydrogens (tertiary/aromatic N) is 6. The molecule has 194 valence electrons. The van der Waals surface area contributed by atoms with E-state index < -0.39 is 16.1 Å². The van der Waals surface area contributed by atoms with Gasteiger partial charge in [-0.25, -0.2) is 22.8 Å². The maximum Gasteiger partial charge on any atom is 0.260 e. The van der Waals surface area contributed by atoms with Crippen LogP contribution in [0.1, 0.15) is 22.4 Å². The van der Waals surface area contributed by atoms with E-state index in [9.17, 15) is 18.1 Å². The highest BCUT2D eigenvalue weighted by Crippen LogP contribution is 2.33. The molecule has 0 N–H and O–H groups in total. The summed E-state index contributed by atoms with van der Waals surface area (Å²) in [6.45, 7) is 1.00. The molecule has 0 aliphatic carbocycles. The van der Waals surface area contributed by atoms with Gasteiger partial charge in [0, 0.05) is 44.3 Å². The fourth-order valence-electron chi connectivity index (χ4n) is 4.92. The fourth-order valence-corrected chi connectivity index (χ4v) is 6.47. The predicted molar refractivity (Wildman–Crippen MR) is 141 cm³/mol. The number of benzene rings is 2. The van der Waals surface area contributed by atoms with Crippen molar-refractivity contribution in [1.82, 2.24) is 18.8 Å². The number of hydrogen-bond donors (Lipinski definition) is 0. The predicted octanol–water partition coefficient (Wildman–Crippen LogP) is 3.69. The molecule has 0 radical (unpaired) electrons. The maximum atomic E-state index is 14.5. The SMILES string of the molecule is Cn1cncc1CN1CC(N(CCc2ccccc2F)S(=O)(=O)c2ccccn2)Cc2cc(C#N)ccc21. The normalized spacial score (nSPS) is 15.3. The molecular formula is C28H27FN6O2S. The molecule has 1 aliphatic heterocycles. The molecule has 0 fully saturated rings. The molecule has 2 aromatic carbocycles. The van der Waals surface area contributed by atoms with Gasteiger partial charge in [-0.15, -0.1) is 0 Å². The minimum Gasteiger partial charge on any atom is -0.364 e. The number of hydrogen-bond acceptors (Lipinski definition) is 6. The van der Waals surface area contributed by atoms with Crippen molar-refractivity contribution < 1.29 is 12.8 Å². The van der Waals surface area contributed by atoms with Crippen molar-refractivity contribution in [2.75, 3.05) is 18.0 Å². The van der Waals surface area contributed by atoms with E-state index in [0.717, 1.165) is 16.9 Å². The van der Waals surface area contributed by atoms with Gasteiger partial charge in [0.2, 0.25) is 0 Å². The highest BCUT2D eigenvalue weighted by atomic mass is 32.2. The molecule has 0 amide bonds. The number of halogens is 1. The van der Waals surface area contributed by atoms with E-state index in [-0.39, 0.29) is 23.8 Å². The Balaban J connectivity index is 1.54. The third kappa shape index (κ3) is 5.16. The molecule has 0 spiro atoms. The topological polar surface area (TPSA) is 95.1 Å². The Bertz CT molecular complexity index is 1580. The number of aromatic nitrogens is 3. The van der Waals surface area contributed by atoms with E-state index in [2.05, 4.69) is 20.9 Å². The second-order valence-electron chi connectivity index (χ2n) is 9.31. The van der Waals surface area contributed by atoms with E-state index in [0.29, 0.717) is 30.6 Å². The van der Waals surface area contributed by atoms with Crippen LogP contribution in [0, 0.1) is 17.1 Å². The molecule has 2 aromatic heterocycles. The van der Waals surface area contributed by atoms with E-state index in [1.165, 1.54) is 22.6 Å². The first-order valence-corrected chi connectivity index (χ1v) is 13.7. The van der Waals surface area contributed by atoms with Crippen molar-refractivity contribution in [3.05, 3.63) is 108 Å². The third-order valence-electron chi connectivity index (χ3n) is 6.88. The van der Waals surface area contributed by atoms with Crippen molar-refractivity contribution in [3.63, 3.8) is 0 Å². The number of rotatable bonds is 8. The number of pyridine rings is 1. The minimum atomic E-state index is -4.00. The lowest BCUT2D eigenvalue weighted by atomic mass is 9.95. The number of sulfonamides is 1. The summed E-state index contributed by atoms with van der Waals surface area (Å²) in [6, 6.07) is 18.4. The second kappa shape index (κ2) is 10.7. The summed E-state index contributed by atoms with van der Waals surface area (Å²) in [5.74, 6) is -0.367. The number of fused-ring (bicyclic) bond motifs is 1. The smallest absolute Gasteiger partial charge is 0.260 e. The first-order chi connectivity index (χ1) is 18.4. The Kier molecular flexibility index (Phi) is 7.22. The average Bonchev–Trinajstić information content (AvgIpc) is 3.33. The second-order valence-corrected chi connectivity index (χ2v) is 11.2. The number of imidazole rings is 1. The lowest BCUT2D eigenvalue weighted by Crippen LogP contribution is -2.51. The molecule has 38 heavy (non-hydrogen) atoms. The van der Waals surface area contributed by atoms with Crippen molar-refractivity contribution in [2.24, 2.45) is 7.05 Å². The Morgan fingerprint density at radius 1 is 1.16 bits per heavy atom. The van der Waals surface area contributed by atoms with Gasteiger partial charge in [0.25, 0.3) is 10.0 Å². The standard InChI is InChI=1S/C28H27FN6O2S/c1-33-20-31-17-25(33)19-34-18-24(15-23-14-21(16-30)9-10-27(23)34)35(13-11-22-6-2-3-7-26(22)29)38(36,37)28-8-4-5-12-32-28/h2-10,12,14,17,20,24H,11,13,15,18-19H2,1H3. The first kappa shape index (κ1) is 25.6. The van der Waals surface area contributed by atoms with E-state index >= 15 is 0 Å². The molecule has 3 heterocycles. The Hall–Kier alpha value is -4.07. The van der Waals surface area contributed by atoms with Gasteiger partial charge in [0.15, 0.2) is 5.03 Å². The summed E-state index contributed by atoms with van der Waals surface area (Å²) in [4.78, 5) is 10.5. The van der Waals surface area contributed by atoms with Crippen molar-refractivity contribution >= 4 is 15.7 Å². The molecule has 1 atom stereocenters. The maximum absolute atomic E-state index is 14.5. The van der Waals surface area contributed by atoms with E-state index in [1.807, 2.05) is 23.7 Å². The van der Waals surface area contributed by atoms with Gasteiger partial charge in [-0.3, -0.25) is 0 Å². The molecule has 1 unspecified atom stereocenters. The van der Waals surface area contributed by atoms with Crippen LogP contribution in [0.5, 0.6) is 0 Å². The van der Waals surface area contributed by atoms with Crippen LogP contribution in [0.25, 0.3) is 0 Å². The van der Waals surface area contributed by atoms with E-state index in [1.54, 1.807) is 48.9 Å². The molecule has 0 bridgehead atoms. The van der Waals surface area contributed by atoms with Crippen LogP contribution in [0.3, 0.4) is 0 Å². The molecule has 5 rings (SSSR count). The third-order valence-corrected chi connectivity index (χ3v) is 8.75. The van der Waals surface area contributed by atoms with Crippen LogP contribution in [0.2, 0.25) is 0 Å². The number of aryl methyl sites for hydroxylation is 1. The van der Waals surface area contributed by atoms with Gasteiger partial charge in [0.05, 0.1) is 30.2 Å². The highest BCUT2D eigenvalue weighted by molar-refractivity contribution is 7.89. The lowest BCUT2D eigenvalue weighted by molar-refractivity contribution is 0.309. The van der Waals surface area contributed by atoms with Crippen LogP contribution < -0.4 is 4.90 Å². The quantitative estimate of drug-likeness (QED) is 0.345. The average molecular weight is 531 g/mol. The summed E-state index contributed by atoms with van der Waals surface area (Å²) in [7, 11) is -2.09. The molecule has 8 nitrogen and oxygen atoms in total. The van der Waals surface area contributed by atoms with Gasteiger partial charge >= 0.3 is 0 Å². The highest BCUT2D eigenvalue weighted by Gasteiger charge is 2.37. The Morgan fingerprint density at radius 3 is 2.68 bits per heavy atom. The van der Waals surface area contributed by atoms with Crippen molar-refractivity contribution in [3.8, 4) is 6.07 Å². The molecule has 0 saturated heterocycles. The largest absolute Gasteiger partial charge is 0.364 e. The molecule has 10 heteroatoms. The van der Waals surface area contributed by atoms with Crippen LogP contribution in [-0.2, 0) is 36.5 Å². The Labute approximate surface area is 221 Å². The van der Waals surface area contributed by atoms with Crippen LogP contribution in [0.4, 0.5) is 10.1 Å². The van der Waals surface area contributed by atoms with Crippen molar-refractivity contribution in [2.45, 2.75) is 30.5 Å². The van der Waals surface area contributed by atoms with Gasteiger partial charge in [0.1, 0.15) is 5.82 Å². The van der Waals surface area contributed by atoms with Crippen LogP contribution in [-0.4, -0.2) is 46.4 Å². The first-order valence-electron chi connectivity index (χ1n) is 12.3. The Morgan fingerprint density at radius 2 is 1.97 bits per heavy atom. The summed E-state index contributed by atoms with van der Waals surface area (Å²) < 4.78 is 45.7. The lowest BCUT2D eigenvalue weighted by Gasteiger charge is -2.40. The summed E-state index contributed by atoms with van der Waals surface area (Å²) in [5, 5.41) is 9.46. The van der Waals surface area contributed by atoms with Gasteiger partial charge in [-0.1, -0.05) is 24.3 Å². The molecule has 1 aliphatic rings. The summed E-state index contributed by atoms with van der Waals surface area (Å²) in [6.07, 6.45) is 5.58. The zero-order chi connectivity index (χ0) is 26.7. The van der Waals surface area contributed by atoms with Gasteiger partial charge < -0.3 is 9.47 Å². The molecule has 0 saturated carbocycles. The molecule has 4 aromatic rings. The number of anilines is 1. The van der Waals surface area contributed by atoms with Crippen molar-refractivity contribution in [1.29, 1.82) is 5.26 Å². The van der Waals surface area contributed by atoms with E-state index in [4.69, 9.17) is 0 Å². The van der Waals surface area contributed by atoms with Crippen LogP contribution in [0.15, 0.2) is 84.4 Å². The monoisotopic (exact) mass is 530 g/mol. The zero-order valence-corrected chi connectivity index (χ0v) is 21.7. The summed E-state index contributed by atoms with van der Waals surface area (Å²) in [5.41, 5.74) is 3.76. The summed E-state index contributed by atoms with van der Waals surface area (Å²) >= 11 is 0. The zero-order valence-electron chi connectivity index (χ0n) is 20.9. The molecular weight excluding hydrogens is 503 g/mol. The number of nitriles is 1. The fraction of sp³-hybridized carbons (Fsp3) is 0.250.